The zero-order valence-corrected chi connectivity index (χ0v) is 9.95. The fraction of sp³-hybridized carbons (Fsp3) is 0.0588. The molecule has 0 atom stereocenters. The van der Waals surface area contributed by atoms with E-state index in [-0.39, 0.29) is 0 Å². The molecule has 1 heteroatoms. The summed E-state index contributed by atoms with van der Waals surface area (Å²) in [6.45, 7) is 0. The van der Waals surface area contributed by atoms with E-state index in [1.165, 1.54) is 0 Å². The van der Waals surface area contributed by atoms with Crippen molar-refractivity contribution in [3.05, 3.63) is 64.7 Å². The Morgan fingerprint density at radius 2 is 1.28 bits per heavy atom. The van der Waals surface area contributed by atoms with Gasteiger partial charge in [-0.1, -0.05) is 35.8 Å². The molecule has 0 N–H and O–H groups in total. The van der Waals surface area contributed by atoms with Crippen molar-refractivity contribution in [2.24, 2.45) is 0 Å². The van der Waals surface area contributed by atoms with E-state index in [4.69, 9.17) is 4.74 Å². The maximum atomic E-state index is 5.21. The van der Waals surface area contributed by atoms with Gasteiger partial charge in [0, 0.05) is 22.3 Å². The maximum Gasteiger partial charge on any atom is 0.120 e. The summed E-state index contributed by atoms with van der Waals surface area (Å²) in [4.78, 5) is 0. The number of hydrogen-bond acceptors (Lipinski definition) is 1. The van der Waals surface area contributed by atoms with Crippen LogP contribution in [0.15, 0.2) is 42.5 Å². The van der Waals surface area contributed by atoms with Crippen LogP contribution < -0.4 is 4.74 Å². The first-order valence-corrected chi connectivity index (χ1v) is 5.68. The second kappa shape index (κ2) is 4.32. The highest BCUT2D eigenvalue weighted by Gasteiger charge is 2.03. The zero-order chi connectivity index (χ0) is 12.4. The topological polar surface area (TPSA) is 9.23 Å². The first kappa shape index (κ1) is 10.5. The molecule has 2 aromatic carbocycles. The van der Waals surface area contributed by atoms with Gasteiger partial charge in [-0.3, -0.25) is 0 Å². The first-order valence-electron chi connectivity index (χ1n) is 5.68. The lowest BCUT2D eigenvalue weighted by Crippen LogP contribution is -1.91. The third-order valence-corrected chi connectivity index (χ3v) is 2.82. The molecule has 1 nitrogen and oxygen atoms in total. The van der Waals surface area contributed by atoms with Crippen molar-refractivity contribution in [1.29, 1.82) is 0 Å². The lowest BCUT2D eigenvalue weighted by atomic mass is 10.0. The third kappa shape index (κ3) is 1.83. The Morgan fingerprint density at radius 3 is 1.89 bits per heavy atom. The van der Waals surface area contributed by atoms with Crippen molar-refractivity contribution in [2.75, 3.05) is 7.11 Å². The molecule has 0 aromatic heterocycles. The minimum absolute atomic E-state index is 0.804. The SMILES string of the molecule is COc1ccc2c(c1)C#Cc1ccccc1C#C2. The van der Waals surface area contributed by atoms with Crippen LogP contribution in [0.4, 0.5) is 0 Å². The lowest BCUT2D eigenvalue weighted by Gasteiger charge is -2.04. The fourth-order valence-electron chi connectivity index (χ4n) is 1.83. The van der Waals surface area contributed by atoms with E-state index in [1.54, 1.807) is 7.11 Å². The fourth-order valence-corrected chi connectivity index (χ4v) is 1.83. The molecular formula is C17H10O. The third-order valence-electron chi connectivity index (χ3n) is 2.82. The molecule has 18 heavy (non-hydrogen) atoms. The summed E-state index contributed by atoms with van der Waals surface area (Å²) in [5.41, 5.74) is 3.80. The molecule has 0 unspecified atom stereocenters. The molecule has 0 saturated carbocycles. The average molecular weight is 230 g/mol. The molecule has 84 valence electrons. The molecule has 0 saturated heterocycles. The molecule has 3 rings (SSSR count). The van der Waals surface area contributed by atoms with Gasteiger partial charge in [-0.25, -0.2) is 0 Å². The molecule has 0 heterocycles. The van der Waals surface area contributed by atoms with Crippen molar-refractivity contribution in [2.45, 2.75) is 0 Å². The standard InChI is InChI=1S/C17H10O/c1-18-17-11-10-15-7-6-13-4-2-3-5-14(13)8-9-16(15)12-17/h2-5,10-12H,1H3. The number of fused-ring (bicyclic) bond motifs is 2. The number of hydrogen-bond donors (Lipinski definition) is 0. The summed E-state index contributed by atoms with van der Waals surface area (Å²) in [7, 11) is 1.65. The quantitative estimate of drug-likeness (QED) is 0.584. The molecule has 0 radical (unpaired) electrons. The minimum atomic E-state index is 0.804. The van der Waals surface area contributed by atoms with E-state index in [9.17, 15) is 0 Å². The van der Waals surface area contributed by atoms with Gasteiger partial charge in [0.15, 0.2) is 0 Å². The Balaban J connectivity index is 2.19. The van der Waals surface area contributed by atoms with Crippen LogP contribution in [0, 0.1) is 23.7 Å². The van der Waals surface area contributed by atoms with Gasteiger partial charge in [-0.15, -0.1) is 0 Å². The summed E-state index contributed by atoms with van der Waals surface area (Å²) >= 11 is 0. The monoisotopic (exact) mass is 230 g/mol. The smallest absolute Gasteiger partial charge is 0.120 e. The number of ether oxygens (including phenoxy) is 1. The van der Waals surface area contributed by atoms with Crippen LogP contribution in [0.1, 0.15) is 22.3 Å². The van der Waals surface area contributed by atoms with Crippen molar-refractivity contribution >= 4 is 0 Å². The molecule has 0 spiro atoms. The van der Waals surface area contributed by atoms with Gasteiger partial charge in [0.05, 0.1) is 7.11 Å². The van der Waals surface area contributed by atoms with Crippen molar-refractivity contribution in [3.8, 4) is 29.4 Å². The Kier molecular flexibility index (Phi) is 2.52. The predicted molar refractivity (Wildman–Crippen MR) is 71.4 cm³/mol. The second-order valence-electron chi connectivity index (χ2n) is 3.96. The van der Waals surface area contributed by atoms with E-state index >= 15 is 0 Å². The molecule has 0 fully saturated rings. The summed E-state index contributed by atoms with van der Waals surface area (Å²) in [6.07, 6.45) is 0. The van der Waals surface area contributed by atoms with Crippen LogP contribution in [0.5, 0.6) is 5.75 Å². The van der Waals surface area contributed by atoms with Crippen LogP contribution in [-0.2, 0) is 0 Å². The largest absolute Gasteiger partial charge is 0.497 e. The van der Waals surface area contributed by atoms with E-state index in [0.717, 1.165) is 28.0 Å². The number of rotatable bonds is 1. The van der Waals surface area contributed by atoms with Gasteiger partial charge in [0.25, 0.3) is 0 Å². The number of methoxy groups -OCH3 is 1. The Hall–Kier alpha value is -2.64. The van der Waals surface area contributed by atoms with Crippen molar-refractivity contribution in [1.82, 2.24) is 0 Å². The molecule has 1 aliphatic rings. The maximum absolute atomic E-state index is 5.21. The van der Waals surface area contributed by atoms with Gasteiger partial charge < -0.3 is 4.74 Å². The highest BCUT2D eigenvalue weighted by atomic mass is 16.5. The van der Waals surface area contributed by atoms with Gasteiger partial charge >= 0.3 is 0 Å². The normalized spacial score (nSPS) is 10.5. The predicted octanol–water partition coefficient (Wildman–Crippen LogP) is 2.81. The molecule has 2 aromatic rings. The molecule has 0 bridgehead atoms. The van der Waals surface area contributed by atoms with Crippen LogP contribution in [0.25, 0.3) is 0 Å². The highest BCUT2D eigenvalue weighted by molar-refractivity contribution is 5.61. The average Bonchev–Trinajstić information content (AvgIpc) is 2.41. The van der Waals surface area contributed by atoms with Gasteiger partial charge in [0.1, 0.15) is 5.75 Å². The number of benzene rings is 2. The van der Waals surface area contributed by atoms with Gasteiger partial charge in [-0.2, -0.15) is 0 Å². The molecular weight excluding hydrogens is 220 g/mol. The molecule has 0 amide bonds. The van der Waals surface area contributed by atoms with Crippen molar-refractivity contribution in [3.63, 3.8) is 0 Å². The zero-order valence-electron chi connectivity index (χ0n) is 9.95. The lowest BCUT2D eigenvalue weighted by molar-refractivity contribution is 0.414. The Bertz CT molecular complexity index is 733. The molecule has 0 aliphatic heterocycles. The highest BCUT2D eigenvalue weighted by Crippen LogP contribution is 2.18. The van der Waals surface area contributed by atoms with E-state index in [1.807, 2.05) is 42.5 Å². The van der Waals surface area contributed by atoms with Gasteiger partial charge in [0.2, 0.25) is 0 Å². The Labute approximate surface area is 106 Å². The van der Waals surface area contributed by atoms with E-state index in [2.05, 4.69) is 23.7 Å². The van der Waals surface area contributed by atoms with E-state index in [0.29, 0.717) is 0 Å². The van der Waals surface area contributed by atoms with Gasteiger partial charge in [-0.05, 0) is 30.3 Å². The second-order valence-corrected chi connectivity index (χ2v) is 3.96. The van der Waals surface area contributed by atoms with Crippen LogP contribution in [0.2, 0.25) is 0 Å². The van der Waals surface area contributed by atoms with Crippen molar-refractivity contribution < 1.29 is 4.74 Å². The minimum Gasteiger partial charge on any atom is -0.497 e. The van der Waals surface area contributed by atoms with E-state index < -0.39 is 0 Å². The van der Waals surface area contributed by atoms with Crippen LogP contribution >= 0.6 is 0 Å². The van der Waals surface area contributed by atoms with Crippen LogP contribution in [0.3, 0.4) is 0 Å². The summed E-state index contributed by atoms with van der Waals surface area (Å²) in [5, 5.41) is 0. The molecule has 1 aliphatic carbocycles. The summed E-state index contributed by atoms with van der Waals surface area (Å²) < 4.78 is 5.21. The summed E-state index contributed by atoms with van der Waals surface area (Å²) in [6, 6.07) is 13.7. The Morgan fingerprint density at radius 1 is 0.722 bits per heavy atom. The first-order chi connectivity index (χ1) is 8.86. The summed E-state index contributed by atoms with van der Waals surface area (Å²) in [5.74, 6) is 13.5. The van der Waals surface area contributed by atoms with Crippen LogP contribution in [-0.4, -0.2) is 7.11 Å².